The van der Waals surface area contributed by atoms with E-state index in [1.165, 1.54) is 24.3 Å². The highest BCUT2D eigenvalue weighted by atomic mass is 16.4. The van der Waals surface area contributed by atoms with Crippen molar-refractivity contribution in [2.45, 2.75) is 13.8 Å². The van der Waals surface area contributed by atoms with Gasteiger partial charge in [0.15, 0.2) is 40.2 Å². The summed E-state index contributed by atoms with van der Waals surface area (Å²) in [5, 5.41) is 269. The van der Waals surface area contributed by atoms with Gasteiger partial charge < -0.3 is 143 Å². The second-order valence-electron chi connectivity index (χ2n) is 20.4. The standard InChI is InChI=1S/C13H12O4.3C11H8O4.C7H6O7.2C7H6O6/c1-6-3-4-8-9(5-6)7(2)11(14)12(15)10(8)13(16)17;12-8-5-9(13)10(11(14)15)7-4-2-1-3-6(7)8;12-9-5-8(11(14)15)6-3-1-2-4-7(6)10(9)13;12-8-5-6-3-1-2-4-7(6)9(10(8)13)11(14)15;8-2-1(7(13)14)3(9)5(11)6(12)4(2)10;8-2-1-3(9)5(10)6(11)4(2)7(12)13;8-3-1-2(7(12)13)4(9)6(11)5(3)10/h3-5,14-15H,1-2H3,(H,16,17);3*1-5,12-13H,(H,14,15);8-12H,(H,13,14);2*1,8-11H,(H,12,13)/p-7. The molecule has 0 aliphatic rings. The van der Waals surface area contributed by atoms with Crippen molar-refractivity contribution in [1.29, 1.82) is 0 Å². The van der Waals surface area contributed by atoms with E-state index in [0.29, 0.717) is 50.0 Å². The van der Waals surface area contributed by atoms with Crippen LogP contribution in [-0.4, -0.2) is 149 Å². The number of phenolic OH excluding ortho intramolecular Hbond substituents is 10. The van der Waals surface area contributed by atoms with E-state index in [1.54, 1.807) is 79.7 Å². The van der Waals surface area contributed by atoms with Crippen molar-refractivity contribution in [3.8, 4) is 121 Å². The fraction of sp³-hybridized carbons (Fsp3) is 0.0299. The number of fused-ring (bicyclic) bond motifs is 4. The number of carboxylic acid groups (broad SMARTS) is 7. The monoisotopic (exact) mass is 1410 g/mol. The third kappa shape index (κ3) is 16.3. The number of benzene rings is 11. The van der Waals surface area contributed by atoms with Gasteiger partial charge in [-0.2, -0.15) is 0 Å². The van der Waals surface area contributed by atoms with Gasteiger partial charge in [0.1, 0.15) is 45.4 Å². The first-order valence-electron chi connectivity index (χ1n) is 27.4. The summed E-state index contributed by atoms with van der Waals surface area (Å²) in [7, 11) is 0. The molecule has 0 heterocycles. The summed E-state index contributed by atoms with van der Waals surface area (Å²) in [6.07, 6.45) is 0. The molecular formula is C67H47O35-7. The Kier molecular flexibility index (Phi) is 23.8. The molecule has 0 saturated carbocycles. The molecule has 11 aromatic carbocycles. The first kappa shape index (κ1) is 77.3. The quantitative estimate of drug-likeness (QED) is 0.0780. The van der Waals surface area contributed by atoms with Crippen molar-refractivity contribution in [3.05, 3.63) is 171 Å². The highest BCUT2D eigenvalue weighted by Crippen LogP contribution is 2.50. The van der Waals surface area contributed by atoms with Gasteiger partial charge >= 0.3 is 41.8 Å². The molecule has 0 saturated heterocycles. The van der Waals surface area contributed by atoms with E-state index in [2.05, 4.69) is 0 Å². The molecule has 532 valence electrons. The van der Waals surface area contributed by atoms with E-state index in [1.807, 2.05) is 6.92 Å². The van der Waals surface area contributed by atoms with E-state index >= 15 is 0 Å². The van der Waals surface area contributed by atoms with Crippen LogP contribution in [0.3, 0.4) is 0 Å². The molecule has 0 unspecified atom stereocenters. The Morgan fingerprint density at radius 2 is 0.676 bits per heavy atom. The third-order valence-corrected chi connectivity index (χ3v) is 13.9. The van der Waals surface area contributed by atoms with Crippen LogP contribution in [0.15, 0.2) is 121 Å². The van der Waals surface area contributed by atoms with Gasteiger partial charge in [0.05, 0.1) is 22.3 Å². The molecule has 0 atom stereocenters. The number of carboxylic acids is 7. The van der Waals surface area contributed by atoms with Crippen LogP contribution in [0, 0.1) is 13.8 Å². The molecule has 0 aromatic heterocycles. The van der Waals surface area contributed by atoms with Crippen LogP contribution in [0.2, 0.25) is 0 Å². The van der Waals surface area contributed by atoms with Gasteiger partial charge in [-0.1, -0.05) is 120 Å². The predicted octanol–water partition coefficient (Wildman–Crippen LogP) is 4.32. The van der Waals surface area contributed by atoms with Crippen molar-refractivity contribution in [3.63, 3.8) is 0 Å². The summed E-state index contributed by atoms with van der Waals surface area (Å²) < 4.78 is 0. The average molecular weight is 1410 g/mol. The van der Waals surface area contributed by atoms with E-state index in [0.717, 1.165) is 17.7 Å². The molecule has 35 nitrogen and oxygen atoms in total. The van der Waals surface area contributed by atoms with Crippen LogP contribution in [0.25, 0.3) is 43.1 Å². The van der Waals surface area contributed by atoms with E-state index < -0.39 is 173 Å². The topological polar surface area (TPSA) is 706 Å². The first-order valence-corrected chi connectivity index (χ1v) is 27.4. The fourth-order valence-corrected chi connectivity index (χ4v) is 9.02. The molecule has 0 aliphatic carbocycles. The lowest BCUT2D eigenvalue weighted by atomic mass is 9.96. The molecule has 0 amide bonds. The third-order valence-electron chi connectivity index (χ3n) is 13.9. The molecular weight excluding hydrogens is 1360 g/mol. The maximum atomic E-state index is 11.7. The Morgan fingerprint density at radius 1 is 0.255 bits per heavy atom. The molecule has 35 heteroatoms. The Labute approximate surface area is 565 Å². The fourth-order valence-electron chi connectivity index (χ4n) is 9.02. The Morgan fingerprint density at radius 3 is 1.21 bits per heavy atom. The highest BCUT2D eigenvalue weighted by molar-refractivity contribution is 6.11. The number of hydrogen-bond donors (Lipinski definition) is 21. The van der Waals surface area contributed by atoms with Crippen molar-refractivity contribution in [2.24, 2.45) is 0 Å². The van der Waals surface area contributed by atoms with Gasteiger partial charge in [0.25, 0.3) is 0 Å². The lowest BCUT2D eigenvalue weighted by molar-refractivity contribution is -0.271. The molecule has 0 bridgehead atoms. The Balaban J connectivity index is 0.000000215. The van der Waals surface area contributed by atoms with Crippen LogP contribution in [0.5, 0.6) is 121 Å². The van der Waals surface area contributed by atoms with E-state index in [9.17, 15) is 89.7 Å². The molecule has 11 rings (SSSR count). The zero-order valence-electron chi connectivity index (χ0n) is 51.2. The molecule has 0 aliphatic heterocycles. The number of rotatable bonds is 7. The molecule has 0 radical (unpaired) electrons. The number of aromatic carboxylic acids is 7. The summed E-state index contributed by atoms with van der Waals surface area (Å²) in [6, 6.07) is 28.6. The summed E-state index contributed by atoms with van der Waals surface area (Å²) in [5.41, 5.74) is -2.66. The summed E-state index contributed by atoms with van der Waals surface area (Å²) in [5.74, 6) is -29.7. The maximum Gasteiger partial charge on any atom is 0.340 e. The maximum absolute atomic E-state index is 11.7. The number of aryl methyl sites for hydroxylation is 2. The van der Waals surface area contributed by atoms with Gasteiger partial charge in [-0.25, -0.2) is 33.6 Å². The SMILES string of the molecule is Cc1ccc2c(C(=O)O)c(O)c([O-])c(C)c2c1.O=C(O)c1c(O)cc(O)c(O)c1[O-].O=C(O)c1c(O)cc([O-])c2ccccc12.O=C(O)c1c([O-])c(O)c(O)c(O)c1O.O=C(O)c1c([O-])c(O)cc2ccccc12.O=C(O)c1cc(O)c(O)c(O)c1[O-].O=C(O)c1cc(O)c([O-])c2ccccc12. The Hall–Kier alpha value is -15.5. The second-order valence-corrected chi connectivity index (χ2v) is 20.4. The predicted molar refractivity (Wildman–Crippen MR) is 333 cm³/mol. The number of phenols is 14. The normalized spacial score (nSPS) is 10.3. The van der Waals surface area contributed by atoms with Crippen molar-refractivity contribution >= 4 is 84.9 Å². The van der Waals surface area contributed by atoms with Gasteiger partial charge in [-0.05, 0) is 98.6 Å². The van der Waals surface area contributed by atoms with E-state index in [-0.39, 0.29) is 38.8 Å². The van der Waals surface area contributed by atoms with Crippen LogP contribution < -0.4 is 35.7 Å². The zero-order valence-corrected chi connectivity index (χ0v) is 51.2. The lowest BCUT2D eigenvalue weighted by Gasteiger charge is -2.18. The summed E-state index contributed by atoms with van der Waals surface area (Å²) >= 11 is 0. The van der Waals surface area contributed by atoms with Gasteiger partial charge in [-0.15, -0.1) is 0 Å². The minimum absolute atomic E-state index is 0.0669. The smallest absolute Gasteiger partial charge is 0.340 e. The number of carbonyl (C=O) groups is 7. The second kappa shape index (κ2) is 31.4. The minimum atomic E-state index is -1.82. The van der Waals surface area contributed by atoms with Gasteiger partial charge in [-0.3, -0.25) is 0 Å². The number of aromatic hydroxyl groups is 14. The largest absolute Gasteiger partial charge is 0.872 e. The van der Waals surface area contributed by atoms with Gasteiger partial charge in [0.2, 0.25) is 11.5 Å². The molecule has 0 fully saturated rings. The molecule has 0 spiro atoms. The van der Waals surface area contributed by atoms with Crippen molar-refractivity contribution in [2.75, 3.05) is 0 Å². The van der Waals surface area contributed by atoms with E-state index in [4.69, 9.17) is 86.8 Å². The minimum Gasteiger partial charge on any atom is -0.872 e. The first-order chi connectivity index (χ1) is 47.5. The van der Waals surface area contributed by atoms with Crippen LogP contribution in [0.4, 0.5) is 0 Å². The number of hydrogen-bond acceptors (Lipinski definition) is 28. The van der Waals surface area contributed by atoms with Crippen molar-refractivity contribution < 1.29 is 177 Å². The Bertz CT molecular complexity index is 5180. The van der Waals surface area contributed by atoms with Gasteiger partial charge in [0, 0.05) is 11.5 Å². The molecule has 11 aromatic rings. The van der Waals surface area contributed by atoms with Crippen LogP contribution in [0.1, 0.15) is 83.6 Å². The highest BCUT2D eigenvalue weighted by Gasteiger charge is 2.24. The summed E-state index contributed by atoms with van der Waals surface area (Å²) in [6.45, 7) is 3.44. The molecule has 102 heavy (non-hydrogen) atoms. The summed E-state index contributed by atoms with van der Waals surface area (Å²) in [4.78, 5) is 74.8. The van der Waals surface area contributed by atoms with Crippen molar-refractivity contribution in [1.82, 2.24) is 0 Å². The lowest BCUT2D eigenvalue weighted by Crippen LogP contribution is -2.05. The van der Waals surface area contributed by atoms with Crippen LogP contribution in [-0.2, 0) is 0 Å². The van der Waals surface area contributed by atoms with Crippen LogP contribution >= 0.6 is 0 Å². The zero-order chi connectivity index (χ0) is 77.1. The molecule has 21 N–H and O–H groups in total. The average Bonchev–Trinajstić information content (AvgIpc) is 0.756.